The number of carbonyl (C=O) groups excluding carboxylic acids is 17. The first-order valence-corrected chi connectivity index (χ1v) is 53.0. The van der Waals surface area contributed by atoms with Gasteiger partial charge in [-0.15, -0.1) is 0 Å². The lowest BCUT2D eigenvalue weighted by atomic mass is 9.77. The molecular formula is C113H150N12O23S. The number of Topliss-reactive ketones (excluding diaryl/α,β-unsaturated/α-hetero) is 12. The third-order valence-electron chi connectivity index (χ3n) is 28.3. The zero-order chi connectivity index (χ0) is 109. The van der Waals surface area contributed by atoms with Crippen molar-refractivity contribution >= 4 is 134 Å². The van der Waals surface area contributed by atoms with Crippen LogP contribution in [0, 0.1) is 76.4 Å². The number of nitrogens with zero attached hydrogens (tertiary/aromatic N) is 5. The van der Waals surface area contributed by atoms with Crippen molar-refractivity contribution in [3.05, 3.63) is 192 Å². The molecule has 806 valence electrons. The number of hydrogen-bond acceptors (Lipinski definition) is 26. The fourth-order valence-electron chi connectivity index (χ4n) is 19.5. The molecule has 1 fully saturated rings. The van der Waals surface area contributed by atoms with E-state index in [0.717, 1.165) is 10.9 Å². The average Bonchev–Trinajstić information content (AvgIpc) is 1.64. The standard InChI is InChI=1S/C113H150N12O23S/c1-72(2)95(111(146)120-62-73(3)128)61-107(141)97-33-22-43-124(97)112(147)83(29-19-20-41-114)55-102(136)86(49-88-63-119-96-32-18-17-31-94(88)96)58-99(133)80(30-21-42-118-113(115)116)52-101(135)84(47-76-23-11-8-12-24-76)56-103(137)87(50-91-64-117-71-121-91)59-100(134)81(36-39-110(144)145)53-98(132)82(40-46-149-7)54-105(139)90(70-127)60-104(138)85(48-77-34-37-92(130)38-35-77)57-106(140)89(69-126)51-93(131)66-125(74(4)79-27-15-10-16-28-79)109(143)68-123(65-78-25-13-9-14-26-78)108(142)67-122(75(5)129)44-45-148-6/h8-18,23-28,31-32,34-35,37-38,63-64,71-72,74,80-87,89-90,95,97,119,126-127,130H,19-22,29-30,33,36,39-62,65-70,114H2,1-7H3,(H,117,121)(H,120,146)(H,144,145)(H4,115,116,118). The number of rotatable bonds is 74. The smallest absolute Gasteiger partial charge is 0.303 e. The Morgan fingerprint density at radius 2 is 1.05 bits per heavy atom. The van der Waals surface area contributed by atoms with Crippen LogP contribution in [0.3, 0.4) is 0 Å². The Labute approximate surface area is 875 Å². The quantitative estimate of drug-likeness (QED) is 0.00958. The molecule has 1 saturated heterocycles. The molecule has 13 N–H and O–H groups in total. The summed E-state index contributed by atoms with van der Waals surface area (Å²) in [6.45, 7) is 5.06. The molecule has 0 aliphatic carbocycles. The number of ketones is 12. The van der Waals surface area contributed by atoms with Gasteiger partial charge in [-0.1, -0.05) is 142 Å². The van der Waals surface area contributed by atoms with Crippen molar-refractivity contribution in [1.82, 2.24) is 45.2 Å². The molecule has 13 atom stereocenters. The number of aromatic amines is 2. The van der Waals surface area contributed by atoms with Gasteiger partial charge in [-0.2, -0.15) is 11.8 Å². The van der Waals surface area contributed by atoms with E-state index in [-0.39, 0.29) is 145 Å². The molecule has 7 aromatic rings. The number of imidazole rings is 1. The lowest BCUT2D eigenvalue weighted by Gasteiger charge is -2.33. The van der Waals surface area contributed by atoms with Crippen molar-refractivity contribution in [2.24, 2.45) is 82.5 Å². The number of benzene rings is 5. The van der Waals surface area contributed by atoms with Gasteiger partial charge in [0.1, 0.15) is 70.1 Å². The zero-order valence-electron chi connectivity index (χ0n) is 86.8. The molecule has 5 aromatic carbocycles. The number of carbonyl (C=O) groups is 18. The minimum atomic E-state index is -1.49. The summed E-state index contributed by atoms with van der Waals surface area (Å²) in [7, 11) is 1.45. The number of aromatic hydroxyl groups is 1. The summed E-state index contributed by atoms with van der Waals surface area (Å²) in [6.07, 6.45) is 1.54. The van der Waals surface area contributed by atoms with Gasteiger partial charge in [0.05, 0.1) is 63.6 Å². The highest BCUT2D eigenvalue weighted by Crippen LogP contribution is 2.36. The molecule has 3 heterocycles. The van der Waals surface area contributed by atoms with Crippen LogP contribution < -0.4 is 22.1 Å². The predicted octanol–water partition coefficient (Wildman–Crippen LogP) is 10.7. The van der Waals surface area contributed by atoms with Crippen LogP contribution in [0.25, 0.3) is 10.9 Å². The van der Waals surface area contributed by atoms with Crippen LogP contribution in [0.15, 0.2) is 158 Å². The number of hydrogen-bond donors (Lipinski definition) is 11. The Kier molecular flexibility index (Phi) is 51.3. The maximum Gasteiger partial charge on any atom is 0.303 e. The second-order valence-electron chi connectivity index (χ2n) is 39.9. The molecule has 0 saturated carbocycles. The highest BCUT2D eigenvalue weighted by molar-refractivity contribution is 7.98. The minimum absolute atomic E-state index is 0.0153. The molecule has 0 radical (unpaired) electrons. The molecule has 149 heavy (non-hydrogen) atoms. The zero-order valence-corrected chi connectivity index (χ0v) is 87.6. The largest absolute Gasteiger partial charge is 0.508 e. The van der Waals surface area contributed by atoms with Gasteiger partial charge in [0, 0.05) is 212 Å². The number of guanidine groups is 1. The summed E-state index contributed by atoms with van der Waals surface area (Å²) >= 11 is 1.33. The van der Waals surface area contributed by atoms with Crippen molar-refractivity contribution in [2.45, 2.75) is 214 Å². The van der Waals surface area contributed by atoms with Crippen LogP contribution in [0.2, 0.25) is 0 Å². The molecule has 1 aliphatic heterocycles. The number of para-hydroxylation sites is 1. The minimum Gasteiger partial charge on any atom is -0.508 e. The lowest BCUT2D eigenvalue weighted by Crippen LogP contribution is -2.48. The monoisotopic (exact) mass is 2080 g/mol. The number of fused-ring (bicyclic) bond motifs is 1. The summed E-state index contributed by atoms with van der Waals surface area (Å²) in [5.74, 6) is -24.5. The van der Waals surface area contributed by atoms with Gasteiger partial charge in [-0.3, -0.25) is 91.7 Å². The van der Waals surface area contributed by atoms with Gasteiger partial charge < -0.3 is 76.8 Å². The number of nitrogens with two attached hydrogens (primary N) is 2. The van der Waals surface area contributed by atoms with Gasteiger partial charge in [0.25, 0.3) is 0 Å². The number of carboxylic acid groups (broad SMARTS) is 1. The first-order valence-electron chi connectivity index (χ1n) is 51.6. The number of aliphatic hydroxyl groups is 2. The molecular weight excluding hydrogens is 1930 g/mol. The summed E-state index contributed by atoms with van der Waals surface area (Å²) in [5.41, 5.74) is 15.9. The van der Waals surface area contributed by atoms with Crippen molar-refractivity contribution in [1.29, 1.82) is 5.41 Å². The van der Waals surface area contributed by atoms with Crippen LogP contribution in [0.5, 0.6) is 5.75 Å². The number of methoxy groups -OCH3 is 1. The molecule has 8 rings (SSSR count). The molecule has 2 aromatic heterocycles. The normalized spacial score (nSPS) is 14.9. The van der Waals surface area contributed by atoms with Crippen LogP contribution >= 0.6 is 11.8 Å². The van der Waals surface area contributed by atoms with Gasteiger partial charge in [0.2, 0.25) is 29.5 Å². The maximum atomic E-state index is 15.7. The fourth-order valence-corrected chi connectivity index (χ4v) is 20.0. The number of amides is 5. The molecule has 5 amide bonds. The molecule has 13 unspecified atom stereocenters. The number of phenolic OH excluding ortho intramolecular Hbond substituents is 1. The number of phenols is 1. The Bertz CT molecular complexity index is 5630. The van der Waals surface area contributed by atoms with E-state index in [1.807, 2.05) is 24.3 Å². The summed E-state index contributed by atoms with van der Waals surface area (Å²) < 4.78 is 5.18. The second kappa shape index (κ2) is 63.1. The van der Waals surface area contributed by atoms with E-state index in [9.17, 15) is 73.2 Å². The van der Waals surface area contributed by atoms with Gasteiger partial charge >= 0.3 is 5.97 Å². The summed E-state index contributed by atoms with van der Waals surface area (Å²) in [5, 5.41) is 56.7. The molecule has 0 bridgehead atoms. The summed E-state index contributed by atoms with van der Waals surface area (Å²) in [6, 6.07) is 37.7. The maximum absolute atomic E-state index is 15.7. The van der Waals surface area contributed by atoms with Crippen LogP contribution in [-0.4, -0.2) is 263 Å². The van der Waals surface area contributed by atoms with Crippen LogP contribution in [0.4, 0.5) is 0 Å². The van der Waals surface area contributed by atoms with Crippen molar-refractivity contribution in [3.63, 3.8) is 0 Å². The van der Waals surface area contributed by atoms with E-state index < -0.39 is 274 Å². The Hall–Kier alpha value is -13.0. The number of unbranched alkanes of at least 4 members (excludes halogenated alkanes) is 1. The van der Waals surface area contributed by atoms with E-state index in [4.69, 9.17) is 21.6 Å². The van der Waals surface area contributed by atoms with Gasteiger partial charge in [-0.25, -0.2) is 4.98 Å². The number of likely N-dealkylation sites (tertiary alicyclic amines) is 1. The Morgan fingerprint density at radius 1 is 0.550 bits per heavy atom. The van der Waals surface area contributed by atoms with E-state index >= 15 is 33.6 Å². The number of aromatic nitrogens is 3. The number of thioether (sulfide) groups is 1. The highest BCUT2D eigenvalue weighted by Gasteiger charge is 2.43. The first-order chi connectivity index (χ1) is 71.3. The topological polar surface area (TPSA) is 555 Å². The number of ether oxygens (including phenoxy) is 1. The SMILES string of the molecule is COCCN(CC(=O)N(CC(=O)N(CC(=O)CC(CO)C(=O)CC(Cc1ccc(O)cc1)C(=O)CC(CO)C(=O)CC(CCSC)C(=O)CC(CCC(=O)O)C(=O)CC(Cc1c[nH]cn1)C(=O)CC(Cc1ccccc1)C(=O)CC(CCCNC(=N)N)C(=O)CC(Cc1c[nH]c2ccccc12)C(=O)CC(CCCCN)C(=O)N1CCCC1C(=O)CC(C(=O)NCC(C)=O)C(C)C)C(C)c1ccccc1)Cc1ccccc1)C(C)=O. The number of H-pyrrole nitrogens is 2. The molecule has 1 aliphatic rings. The van der Waals surface area contributed by atoms with E-state index in [2.05, 4.69) is 25.6 Å². The highest BCUT2D eigenvalue weighted by atomic mass is 32.2. The van der Waals surface area contributed by atoms with E-state index in [1.54, 1.807) is 124 Å². The predicted molar refractivity (Wildman–Crippen MR) is 562 cm³/mol. The number of carboxylic acids is 1. The third kappa shape index (κ3) is 40.1. The van der Waals surface area contributed by atoms with Crippen molar-refractivity contribution in [3.8, 4) is 5.75 Å². The second-order valence-corrected chi connectivity index (χ2v) is 40.9. The van der Waals surface area contributed by atoms with Crippen LogP contribution in [-0.2, 0) is 123 Å². The molecule has 36 heteroatoms. The van der Waals surface area contributed by atoms with E-state index in [0.29, 0.717) is 59.2 Å². The Morgan fingerprint density at radius 3 is 1.60 bits per heavy atom. The molecule has 35 nitrogen and oxygen atoms in total. The van der Waals surface area contributed by atoms with Gasteiger partial charge in [-0.05, 0) is 155 Å². The average molecular weight is 2080 g/mol. The fraction of sp³-hybridized carbons (Fsp3) is 0.522. The van der Waals surface area contributed by atoms with Gasteiger partial charge in [0.15, 0.2) is 17.5 Å². The van der Waals surface area contributed by atoms with Crippen LogP contribution in [0.1, 0.15) is 209 Å². The lowest BCUT2D eigenvalue weighted by molar-refractivity contribution is -0.146. The van der Waals surface area contributed by atoms with Crippen molar-refractivity contribution < 1.29 is 111 Å². The third-order valence-corrected chi connectivity index (χ3v) is 29.0. The Balaban J connectivity index is 1.02. The number of aliphatic hydroxyl groups excluding tert-OH is 2. The first kappa shape index (κ1) is 121. The van der Waals surface area contributed by atoms with E-state index in [1.165, 1.54) is 89.1 Å². The summed E-state index contributed by atoms with van der Waals surface area (Å²) in [4.78, 5) is 277. The van der Waals surface area contributed by atoms with Crippen molar-refractivity contribution in [2.75, 3.05) is 91.3 Å². The number of nitrogens with one attached hydrogen (secondary N) is 5. The number of aliphatic carboxylic acids is 1. The molecule has 0 spiro atoms.